The maximum atomic E-state index is 11.2. The van der Waals surface area contributed by atoms with Crippen molar-refractivity contribution in [3.8, 4) is 0 Å². The van der Waals surface area contributed by atoms with Crippen LogP contribution in [0, 0.1) is 5.92 Å². The molecule has 0 aliphatic carbocycles. The van der Waals surface area contributed by atoms with Gasteiger partial charge in [-0.3, -0.25) is 14.7 Å². The minimum absolute atomic E-state index is 0. The van der Waals surface area contributed by atoms with Crippen LogP contribution in [0.15, 0.2) is 16.4 Å². The summed E-state index contributed by atoms with van der Waals surface area (Å²) in [5.74, 6) is 1.14. The fourth-order valence-corrected chi connectivity index (χ4v) is 4.82. The Kier molecular flexibility index (Phi) is 9.31. The molecule has 1 atom stereocenters. The molecule has 1 aromatic rings. The van der Waals surface area contributed by atoms with Crippen molar-refractivity contribution in [3.63, 3.8) is 0 Å². The van der Waals surface area contributed by atoms with Gasteiger partial charge in [0.2, 0.25) is 5.91 Å². The Labute approximate surface area is 183 Å². The summed E-state index contributed by atoms with van der Waals surface area (Å²) in [6.07, 6.45) is 3.81. The number of carbonyl (C=O) groups excluding carboxylic acids is 1. The predicted molar refractivity (Wildman–Crippen MR) is 123 cm³/mol. The Bertz CT molecular complexity index is 635. The summed E-state index contributed by atoms with van der Waals surface area (Å²) in [5.41, 5.74) is 6.87. The monoisotopic (exact) mass is 505 g/mol. The van der Waals surface area contributed by atoms with Crippen molar-refractivity contribution in [2.45, 2.75) is 39.2 Å². The number of likely N-dealkylation sites (tertiary alicyclic amines) is 1. The highest BCUT2D eigenvalue weighted by Gasteiger charge is 2.23. The molecule has 0 aromatic carbocycles. The third-order valence-electron chi connectivity index (χ3n) is 5.21. The number of rotatable bonds is 6. The number of amides is 1. The van der Waals surface area contributed by atoms with Crippen molar-refractivity contribution in [3.05, 3.63) is 21.9 Å². The first-order valence-electron chi connectivity index (χ1n) is 9.75. The van der Waals surface area contributed by atoms with Crippen LogP contribution in [0.5, 0.6) is 0 Å². The molecular weight excluding hydrogens is 473 g/mol. The molecule has 1 saturated heterocycles. The van der Waals surface area contributed by atoms with Gasteiger partial charge >= 0.3 is 0 Å². The average molecular weight is 505 g/mol. The Morgan fingerprint density at radius 3 is 3.07 bits per heavy atom. The van der Waals surface area contributed by atoms with E-state index in [1.807, 2.05) is 11.3 Å². The molecular formula is C19H32IN5OS. The van der Waals surface area contributed by atoms with Crippen molar-refractivity contribution in [1.29, 1.82) is 0 Å². The largest absolute Gasteiger partial charge is 0.370 e. The number of hydrogen-bond acceptors (Lipinski definition) is 4. The van der Waals surface area contributed by atoms with E-state index in [9.17, 15) is 4.79 Å². The molecule has 0 bridgehead atoms. The van der Waals surface area contributed by atoms with Gasteiger partial charge in [0.15, 0.2) is 5.96 Å². The number of piperidine rings is 1. The number of carbonyl (C=O) groups is 1. The first-order valence-corrected chi connectivity index (χ1v) is 10.6. The van der Waals surface area contributed by atoms with Gasteiger partial charge in [-0.15, -0.1) is 35.3 Å². The summed E-state index contributed by atoms with van der Waals surface area (Å²) >= 11 is 1.88. The second kappa shape index (κ2) is 11.2. The Morgan fingerprint density at radius 1 is 1.44 bits per heavy atom. The normalized spacial score (nSPS) is 20.7. The van der Waals surface area contributed by atoms with E-state index in [-0.39, 0.29) is 29.9 Å². The fraction of sp³-hybridized carbons (Fsp3) is 0.684. The van der Waals surface area contributed by atoms with Crippen LogP contribution >= 0.6 is 35.3 Å². The van der Waals surface area contributed by atoms with Crippen LogP contribution in [0.2, 0.25) is 0 Å². The molecule has 1 aromatic heterocycles. The zero-order chi connectivity index (χ0) is 18.4. The van der Waals surface area contributed by atoms with E-state index >= 15 is 0 Å². The quantitative estimate of drug-likeness (QED) is 0.354. The Hall–Kier alpha value is -0.870. The van der Waals surface area contributed by atoms with Gasteiger partial charge < -0.3 is 16.0 Å². The number of aliphatic imine (C=N–C) groups is 1. The lowest BCUT2D eigenvalue weighted by molar-refractivity contribution is -0.119. The molecule has 1 unspecified atom stereocenters. The number of fused-ring (bicyclic) bond motifs is 1. The van der Waals surface area contributed by atoms with Gasteiger partial charge in [-0.1, -0.05) is 0 Å². The number of guanidine groups is 1. The minimum atomic E-state index is -0.198. The van der Waals surface area contributed by atoms with Crippen molar-refractivity contribution in [2.75, 3.05) is 39.3 Å². The second-order valence-electron chi connectivity index (χ2n) is 7.26. The van der Waals surface area contributed by atoms with Crippen LogP contribution in [0.1, 0.15) is 36.6 Å². The topological polar surface area (TPSA) is 74.0 Å². The maximum absolute atomic E-state index is 11.2. The van der Waals surface area contributed by atoms with E-state index in [4.69, 9.17) is 10.7 Å². The fourth-order valence-electron chi connectivity index (χ4n) is 3.93. The highest BCUT2D eigenvalue weighted by Crippen LogP contribution is 2.23. The molecule has 1 fully saturated rings. The van der Waals surface area contributed by atoms with Gasteiger partial charge in [0, 0.05) is 50.6 Å². The van der Waals surface area contributed by atoms with Crippen molar-refractivity contribution >= 4 is 47.2 Å². The molecule has 0 spiro atoms. The lowest BCUT2D eigenvalue weighted by Gasteiger charge is -2.35. The van der Waals surface area contributed by atoms with E-state index in [1.54, 1.807) is 4.88 Å². The van der Waals surface area contributed by atoms with Crippen LogP contribution in [-0.2, 0) is 17.8 Å². The van der Waals surface area contributed by atoms with E-state index in [0.29, 0.717) is 12.3 Å². The number of thiophene rings is 1. The van der Waals surface area contributed by atoms with Gasteiger partial charge in [-0.05, 0) is 49.1 Å². The molecule has 6 nitrogen and oxygen atoms in total. The lowest BCUT2D eigenvalue weighted by atomic mass is 9.95. The van der Waals surface area contributed by atoms with E-state index in [0.717, 1.165) is 71.0 Å². The standard InChI is InChI=1S/C19H31N5OS.HI/c1-2-21-19(24-8-3-4-15(13-24)12-18(20)25)22-7-10-23-9-5-17-16(14-23)6-11-26-17;/h6,11,15H,2-5,7-10,12-14H2,1H3,(H2,20,25)(H,21,22);1H. The highest BCUT2D eigenvalue weighted by molar-refractivity contribution is 14.0. The molecule has 1 amide bonds. The number of nitrogens with zero attached hydrogens (tertiary/aromatic N) is 3. The van der Waals surface area contributed by atoms with Gasteiger partial charge in [0.25, 0.3) is 0 Å². The van der Waals surface area contributed by atoms with E-state index < -0.39 is 0 Å². The van der Waals surface area contributed by atoms with E-state index in [2.05, 4.69) is 33.5 Å². The van der Waals surface area contributed by atoms with Gasteiger partial charge in [0.1, 0.15) is 0 Å². The average Bonchev–Trinajstić information content (AvgIpc) is 3.08. The van der Waals surface area contributed by atoms with Crippen LogP contribution in [-0.4, -0.2) is 60.9 Å². The third kappa shape index (κ3) is 6.60. The summed E-state index contributed by atoms with van der Waals surface area (Å²) in [4.78, 5) is 22.4. The molecule has 152 valence electrons. The van der Waals surface area contributed by atoms with Crippen molar-refractivity contribution in [1.82, 2.24) is 15.1 Å². The molecule has 0 radical (unpaired) electrons. The van der Waals surface area contributed by atoms with Gasteiger partial charge in [0.05, 0.1) is 6.54 Å². The molecule has 3 N–H and O–H groups in total. The summed E-state index contributed by atoms with van der Waals surface area (Å²) < 4.78 is 0. The van der Waals surface area contributed by atoms with Crippen LogP contribution in [0.4, 0.5) is 0 Å². The molecule has 3 rings (SSSR count). The highest BCUT2D eigenvalue weighted by atomic mass is 127. The first-order chi connectivity index (χ1) is 12.7. The Morgan fingerprint density at radius 2 is 2.30 bits per heavy atom. The zero-order valence-corrected chi connectivity index (χ0v) is 19.3. The summed E-state index contributed by atoms with van der Waals surface area (Å²) in [5, 5.41) is 5.62. The number of primary amides is 1. The first kappa shape index (κ1) is 22.4. The summed E-state index contributed by atoms with van der Waals surface area (Å²) in [6, 6.07) is 2.26. The Balaban J connectivity index is 0.00000261. The van der Waals surface area contributed by atoms with E-state index in [1.165, 1.54) is 5.56 Å². The zero-order valence-electron chi connectivity index (χ0n) is 16.2. The van der Waals surface area contributed by atoms with Crippen LogP contribution in [0.3, 0.4) is 0 Å². The summed E-state index contributed by atoms with van der Waals surface area (Å²) in [6.45, 7) is 8.81. The van der Waals surface area contributed by atoms with Crippen molar-refractivity contribution < 1.29 is 4.79 Å². The smallest absolute Gasteiger partial charge is 0.217 e. The molecule has 8 heteroatoms. The maximum Gasteiger partial charge on any atom is 0.217 e. The number of nitrogens with one attached hydrogen (secondary N) is 1. The van der Waals surface area contributed by atoms with Gasteiger partial charge in [-0.25, -0.2) is 0 Å². The SMILES string of the molecule is CCNC(=NCCN1CCc2sccc2C1)N1CCCC(CC(N)=O)C1.I. The van der Waals surface area contributed by atoms with Crippen LogP contribution < -0.4 is 11.1 Å². The molecule has 3 heterocycles. The third-order valence-corrected chi connectivity index (χ3v) is 6.23. The summed E-state index contributed by atoms with van der Waals surface area (Å²) in [7, 11) is 0. The van der Waals surface area contributed by atoms with Crippen molar-refractivity contribution in [2.24, 2.45) is 16.6 Å². The molecule has 2 aliphatic rings. The number of hydrogen-bond donors (Lipinski definition) is 2. The number of nitrogens with two attached hydrogens (primary N) is 1. The van der Waals surface area contributed by atoms with Gasteiger partial charge in [-0.2, -0.15) is 0 Å². The predicted octanol–water partition coefficient (Wildman–Crippen LogP) is 2.28. The minimum Gasteiger partial charge on any atom is -0.370 e. The number of halogens is 1. The second-order valence-corrected chi connectivity index (χ2v) is 8.26. The molecule has 0 saturated carbocycles. The van der Waals surface area contributed by atoms with Crippen LogP contribution in [0.25, 0.3) is 0 Å². The lowest BCUT2D eigenvalue weighted by Crippen LogP contribution is -2.47. The molecule has 27 heavy (non-hydrogen) atoms. The molecule has 2 aliphatic heterocycles.